The van der Waals surface area contributed by atoms with Crippen LogP contribution in [0, 0.1) is 0 Å². The number of benzene rings is 1. The van der Waals surface area contributed by atoms with Crippen LogP contribution in [0.2, 0.25) is 0 Å². The Morgan fingerprint density at radius 3 is 2.91 bits per heavy atom. The number of pyridine rings is 1. The third-order valence-electron chi connectivity index (χ3n) is 6.51. The van der Waals surface area contributed by atoms with Gasteiger partial charge < -0.3 is 30.1 Å². The standard InChI is InChI=1S/C25H30N6O4/c1-15-14-35-11-10-31(15)23-18-6-7-19(16-5-8-21(34-2)17(12-16)13-32)27-22(18)29-25(30-23)28-20-4-3-9-26-24(20)33/h5-8,12,15,20,32H,3-4,9-11,13-14H2,1-2H3,(H,26,33)(H,27,28,29,30)/t15-,20?/m0/s1. The highest BCUT2D eigenvalue weighted by Gasteiger charge is 2.26. The van der Waals surface area contributed by atoms with Gasteiger partial charge in [0, 0.05) is 24.2 Å². The molecule has 0 bridgehead atoms. The lowest BCUT2D eigenvalue weighted by atomic mass is 10.1. The van der Waals surface area contributed by atoms with E-state index < -0.39 is 0 Å². The highest BCUT2D eigenvalue weighted by Crippen LogP contribution is 2.31. The summed E-state index contributed by atoms with van der Waals surface area (Å²) in [5.74, 6) is 1.73. The highest BCUT2D eigenvalue weighted by atomic mass is 16.5. The summed E-state index contributed by atoms with van der Waals surface area (Å²) in [5, 5.41) is 16.7. The molecule has 0 saturated carbocycles. The summed E-state index contributed by atoms with van der Waals surface area (Å²) in [7, 11) is 1.58. The zero-order valence-corrected chi connectivity index (χ0v) is 20.0. The van der Waals surface area contributed by atoms with Crippen LogP contribution < -0.4 is 20.3 Å². The molecule has 5 rings (SSSR count). The maximum Gasteiger partial charge on any atom is 0.242 e. The summed E-state index contributed by atoms with van der Waals surface area (Å²) in [5.41, 5.74) is 2.78. The number of hydrogen-bond donors (Lipinski definition) is 3. The van der Waals surface area contributed by atoms with Gasteiger partial charge in [-0.2, -0.15) is 9.97 Å². The van der Waals surface area contributed by atoms with Gasteiger partial charge in [-0.15, -0.1) is 0 Å². The van der Waals surface area contributed by atoms with Gasteiger partial charge in [-0.05, 0) is 50.1 Å². The molecule has 2 saturated heterocycles. The molecular formula is C25H30N6O4. The smallest absolute Gasteiger partial charge is 0.242 e. The van der Waals surface area contributed by atoms with Crippen LogP contribution in [0.5, 0.6) is 5.75 Å². The number of rotatable bonds is 6. The van der Waals surface area contributed by atoms with Crippen LogP contribution in [0.4, 0.5) is 11.8 Å². The fourth-order valence-electron chi connectivity index (χ4n) is 4.61. The second-order valence-corrected chi connectivity index (χ2v) is 8.87. The average molecular weight is 479 g/mol. The maximum atomic E-state index is 12.4. The predicted octanol–water partition coefficient (Wildman–Crippen LogP) is 2.11. The average Bonchev–Trinajstić information content (AvgIpc) is 2.89. The van der Waals surface area contributed by atoms with Gasteiger partial charge in [0.1, 0.15) is 17.6 Å². The number of hydrogen-bond acceptors (Lipinski definition) is 9. The molecule has 1 unspecified atom stereocenters. The predicted molar refractivity (Wildman–Crippen MR) is 133 cm³/mol. The van der Waals surface area contributed by atoms with Gasteiger partial charge in [0.2, 0.25) is 11.9 Å². The minimum Gasteiger partial charge on any atom is -0.496 e. The van der Waals surface area contributed by atoms with E-state index >= 15 is 0 Å². The number of nitrogens with one attached hydrogen (secondary N) is 2. The lowest BCUT2D eigenvalue weighted by molar-refractivity contribution is -0.123. The van der Waals surface area contributed by atoms with Crippen LogP contribution in [-0.2, 0) is 16.1 Å². The number of fused-ring (bicyclic) bond motifs is 1. The molecule has 2 aromatic heterocycles. The zero-order chi connectivity index (χ0) is 24.4. The molecule has 0 radical (unpaired) electrons. The SMILES string of the molecule is COc1ccc(-c2ccc3c(N4CCOC[C@@H]4C)nc(NC4CCCNC4=O)nc3n2)cc1CO. The third kappa shape index (κ3) is 4.71. The molecule has 2 atom stereocenters. The summed E-state index contributed by atoms with van der Waals surface area (Å²) in [6.45, 7) is 4.59. The van der Waals surface area contributed by atoms with Crippen molar-refractivity contribution in [3.63, 3.8) is 0 Å². The van der Waals surface area contributed by atoms with E-state index in [4.69, 9.17) is 24.4 Å². The first-order valence-corrected chi connectivity index (χ1v) is 11.9. The Morgan fingerprint density at radius 2 is 2.14 bits per heavy atom. The van der Waals surface area contributed by atoms with E-state index in [1.165, 1.54) is 0 Å². The molecule has 3 aromatic rings. The van der Waals surface area contributed by atoms with E-state index in [0.717, 1.165) is 35.3 Å². The van der Waals surface area contributed by atoms with E-state index in [2.05, 4.69) is 22.5 Å². The van der Waals surface area contributed by atoms with E-state index in [9.17, 15) is 9.90 Å². The molecule has 1 amide bonds. The monoisotopic (exact) mass is 478 g/mol. The summed E-state index contributed by atoms with van der Waals surface area (Å²) < 4.78 is 11.0. The second-order valence-electron chi connectivity index (χ2n) is 8.87. The van der Waals surface area contributed by atoms with Crippen LogP contribution in [0.1, 0.15) is 25.3 Å². The fraction of sp³-hybridized carbons (Fsp3) is 0.440. The van der Waals surface area contributed by atoms with Crippen LogP contribution in [0.3, 0.4) is 0 Å². The van der Waals surface area contributed by atoms with Gasteiger partial charge in [0.15, 0.2) is 5.65 Å². The molecule has 10 heteroatoms. The Morgan fingerprint density at radius 1 is 1.26 bits per heavy atom. The van der Waals surface area contributed by atoms with Crippen molar-refractivity contribution in [2.75, 3.05) is 43.6 Å². The van der Waals surface area contributed by atoms with Gasteiger partial charge in [-0.1, -0.05) is 0 Å². The zero-order valence-electron chi connectivity index (χ0n) is 20.0. The van der Waals surface area contributed by atoms with Gasteiger partial charge in [0.25, 0.3) is 0 Å². The van der Waals surface area contributed by atoms with Crippen molar-refractivity contribution in [1.29, 1.82) is 0 Å². The number of methoxy groups -OCH3 is 1. The largest absolute Gasteiger partial charge is 0.496 e. The van der Waals surface area contributed by atoms with Crippen LogP contribution in [0.15, 0.2) is 30.3 Å². The molecule has 4 heterocycles. The summed E-state index contributed by atoms with van der Waals surface area (Å²) in [6.07, 6.45) is 1.62. The summed E-state index contributed by atoms with van der Waals surface area (Å²) in [6, 6.07) is 9.27. The number of piperidine rings is 1. The molecule has 10 nitrogen and oxygen atoms in total. The molecule has 0 spiro atoms. The highest BCUT2D eigenvalue weighted by molar-refractivity contribution is 5.91. The number of nitrogens with zero attached hydrogens (tertiary/aromatic N) is 4. The van der Waals surface area contributed by atoms with Crippen molar-refractivity contribution in [2.24, 2.45) is 0 Å². The molecule has 35 heavy (non-hydrogen) atoms. The second kappa shape index (κ2) is 10.0. The Labute approximate surface area is 203 Å². The van der Waals surface area contributed by atoms with Crippen LogP contribution in [0.25, 0.3) is 22.3 Å². The first-order chi connectivity index (χ1) is 17.1. The van der Waals surface area contributed by atoms with Crippen molar-refractivity contribution < 1.29 is 19.4 Å². The lowest BCUT2D eigenvalue weighted by Crippen LogP contribution is -2.45. The normalized spacial score (nSPS) is 20.5. The van der Waals surface area contributed by atoms with E-state index in [-0.39, 0.29) is 24.6 Å². The van der Waals surface area contributed by atoms with Crippen molar-refractivity contribution in [3.8, 4) is 17.0 Å². The summed E-state index contributed by atoms with van der Waals surface area (Å²) in [4.78, 5) is 29.0. The number of morpholine rings is 1. The number of anilines is 2. The van der Waals surface area contributed by atoms with Gasteiger partial charge >= 0.3 is 0 Å². The van der Waals surface area contributed by atoms with Gasteiger partial charge in [-0.25, -0.2) is 4.98 Å². The maximum absolute atomic E-state index is 12.4. The summed E-state index contributed by atoms with van der Waals surface area (Å²) >= 11 is 0. The van der Waals surface area contributed by atoms with E-state index in [0.29, 0.717) is 49.2 Å². The Kier molecular flexibility index (Phi) is 6.65. The first-order valence-electron chi connectivity index (χ1n) is 11.9. The molecule has 184 valence electrons. The first kappa shape index (κ1) is 23.3. The number of carbonyl (C=O) groups excluding carboxylic acids is 1. The molecule has 2 aliphatic rings. The lowest BCUT2D eigenvalue weighted by Gasteiger charge is -2.35. The van der Waals surface area contributed by atoms with Crippen molar-refractivity contribution in [1.82, 2.24) is 20.3 Å². The third-order valence-corrected chi connectivity index (χ3v) is 6.51. The topological polar surface area (TPSA) is 122 Å². The van der Waals surface area contributed by atoms with Crippen LogP contribution >= 0.6 is 0 Å². The number of aliphatic hydroxyl groups is 1. The molecule has 1 aromatic carbocycles. The minimum atomic E-state index is -0.381. The van der Waals surface area contributed by atoms with Crippen LogP contribution in [-0.4, -0.2) is 71.5 Å². The number of aromatic nitrogens is 3. The van der Waals surface area contributed by atoms with Gasteiger partial charge in [-0.3, -0.25) is 4.79 Å². The van der Waals surface area contributed by atoms with E-state index in [1.807, 2.05) is 30.3 Å². The van der Waals surface area contributed by atoms with Gasteiger partial charge in [0.05, 0.1) is 44.1 Å². The molecule has 2 fully saturated rings. The fourth-order valence-corrected chi connectivity index (χ4v) is 4.61. The molecule has 0 aliphatic carbocycles. The number of carbonyl (C=O) groups is 1. The van der Waals surface area contributed by atoms with E-state index in [1.54, 1.807) is 7.11 Å². The Bertz CT molecular complexity index is 1240. The minimum absolute atomic E-state index is 0.0438. The Hall–Kier alpha value is -3.50. The van der Waals surface area contributed by atoms with Crippen molar-refractivity contribution >= 4 is 28.7 Å². The Balaban J connectivity index is 1.59. The quantitative estimate of drug-likeness (QED) is 0.489. The molecule has 3 N–H and O–H groups in total. The number of amides is 1. The van der Waals surface area contributed by atoms with Crippen molar-refractivity contribution in [2.45, 2.75) is 38.5 Å². The number of ether oxygens (including phenoxy) is 2. The molecule has 2 aliphatic heterocycles. The molecular weight excluding hydrogens is 448 g/mol. The van der Waals surface area contributed by atoms with Crippen molar-refractivity contribution in [3.05, 3.63) is 35.9 Å². The number of aliphatic hydroxyl groups excluding tert-OH is 1.